The van der Waals surface area contributed by atoms with Gasteiger partial charge in [-0.1, -0.05) is 19.8 Å². The third-order valence-corrected chi connectivity index (χ3v) is 4.81. The van der Waals surface area contributed by atoms with E-state index in [2.05, 4.69) is 30.1 Å². The highest BCUT2D eigenvalue weighted by Gasteiger charge is 2.23. The van der Waals surface area contributed by atoms with E-state index in [0.717, 1.165) is 43.2 Å². The maximum absolute atomic E-state index is 6.08. The maximum Gasteiger partial charge on any atom is 0.120 e. The number of nitrogens with zero attached hydrogens (tertiary/aromatic N) is 1. The van der Waals surface area contributed by atoms with Gasteiger partial charge in [0.25, 0.3) is 0 Å². The minimum Gasteiger partial charge on any atom is -0.463 e. The van der Waals surface area contributed by atoms with Gasteiger partial charge in [-0.2, -0.15) is 0 Å². The van der Waals surface area contributed by atoms with Gasteiger partial charge >= 0.3 is 0 Å². The Balaban J connectivity index is 1.58. The molecule has 0 aliphatic heterocycles. The average Bonchev–Trinajstić information content (AvgIpc) is 2.98. The number of aryl methyl sites for hydroxylation is 1. The summed E-state index contributed by atoms with van der Waals surface area (Å²) in [5.41, 5.74) is 1.30. The third kappa shape index (κ3) is 3.44. The highest BCUT2D eigenvalue weighted by molar-refractivity contribution is 5.20. The molecule has 3 nitrogen and oxygen atoms in total. The Labute approximate surface area is 122 Å². The smallest absolute Gasteiger partial charge is 0.120 e. The molecule has 1 aromatic rings. The summed E-state index contributed by atoms with van der Waals surface area (Å²) < 4.78 is 6.08. The van der Waals surface area contributed by atoms with Crippen molar-refractivity contribution in [2.45, 2.75) is 77.5 Å². The number of hydrogen-bond donors (Lipinski definition) is 1. The SMILES string of the molecule is CCN(Cc1cc(C)c(CNC2CC2)o1)C1CCCC1. The summed E-state index contributed by atoms with van der Waals surface area (Å²) in [6.07, 6.45) is 8.19. The van der Waals surface area contributed by atoms with Crippen LogP contribution in [-0.2, 0) is 13.1 Å². The molecule has 1 aromatic heterocycles. The monoisotopic (exact) mass is 276 g/mol. The molecule has 0 bridgehead atoms. The summed E-state index contributed by atoms with van der Waals surface area (Å²) in [7, 11) is 0. The predicted molar refractivity (Wildman–Crippen MR) is 81.6 cm³/mol. The molecule has 0 saturated heterocycles. The van der Waals surface area contributed by atoms with Crippen molar-refractivity contribution in [3.05, 3.63) is 23.2 Å². The van der Waals surface area contributed by atoms with Crippen LogP contribution in [0.4, 0.5) is 0 Å². The number of hydrogen-bond acceptors (Lipinski definition) is 3. The molecule has 2 fully saturated rings. The van der Waals surface area contributed by atoms with Crippen LogP contribution in [0.5, 0.6) is 0 Å². The molecule has 3 heteroatoms. The summed E-state index contributed by atoms with van der Waals surface area (Å²) in [6, 6.07) is 3.76. The normalized spacial score (nSPS) is 20.1. The highest BCUT2D eigenvalue weighted by Crippen LogP contribution is 2.26. The van der Waals surface area contributed by atoms with E-state index >= 15 is 0 Å². The predicted octanol–water partition coefficient (Wildman–Crippen LogP) is 3.60. The molecular weight excluding hydrogens is 248 g/mol. The fourth-order valence-corrected chi connectivity index (χ4v) is 3.34. The van der Waals surface area contributed by atoms with Crippen LogP contribution in [0, 0.1) is 6.92 Å². The zero-order valence-electron chi connectivity index (χ0n) is 13.0. The van der Waals surface area contributed by atoms with Crippen LogP contribution in [0.3, 0.4) is 0 Å². The largest absolute Gasteiger partial charge is 0.463 e. The maximum atomic E-state index is 6.08. The Morgan fingerprint density at radius 1 is 1.25 bits per heavy atom. The van der Waals surface area contributed by atoms with Gasteiger partial charge in [0, 0.05) is 12.1 Å². The fraction of sp³-hybridized carbons (Fsp3) is 0.765. The van der Waals surface area contributed by atoms with Crippen molar-refractivity contribution in [1.82, 2.24) is 10.2 Å². The van der Waals surface area contributed by atoms with E-state index in [9.17, 15) is 0 Å². The lowest BCUT2D eigenvalue weighted by atomic mass is 10.2. The first-order chi connectivity index (χ1) is 9.76. The van der Waals surface area contributed by atoms with Crippen molar-refractivity contribution in [1.29, 1.82) is 0 Å². The number of nitrogens with one attached hydrogen (secondary N) is 1. The molecule has 0 atom stereocenters. The van der Waals surface area contributed by atoms with Gasteiger partial charge in [0.05, 0.1) is 13.1 Å². The van der Waals surface area contributed by atoms with Crippen molar-refractivity contribution in [2.75, 3.05) is 6.54 Å². The molecule has 1 heterocycles. The molecule has 1 N–H and O–H groups in total. The van der Waals surface area contributed by atoms with E-state index in [1.54, 1.807) is 0 Å². The number of rotatable bonds is 7. The van der Waals surface area contributed by atoms with Gasteiger partial charge in [-0.05, 0) is 50.8 Å². The van der Waals surface area contributed by atoms with Crippen molar-refractivity contribution >= 4 is 0 Å². The molecule has 2 aliphatic carbocycles. The number of furan rings is 1. The van der Waals surface area contributed by atoms with Gasteiger partial charge in [-0.15, -0.1) is 0 Å². The second-order valence-corrected chi connectivity index (χ2v) is 6.48. The molecule has 112 valence electrons. The molecule has 0 amide bonds. The Morgan fingerprint density at radius 3 is 2.65 bits per heavy atom. The van der Waals surface area contributed by atoms with Crippen LogP contribution in [-0.4, -0.2) is 23.5 Å². The molecule has 0 spiro atoms. The lowest BCUT2D eigenvalue weighted by Crippen LogP contribution is -2.32. The first kappa shape index (κ1) is 14.2. The van der Waals surface area contributed by atoms with Gasteiger partial charge in [0.2, 0.25) is 0 Å². The molecule has 0 unspecified atom stereocenters. The first-order valence-electron chi connectivity index (χ1n) is 8.32. The first-order valence-corrected chi connectivity index (χ1v) is 8.32. The topological polar surface area (TPSA) is 28.4 Å². The van der Waals surface area contributed by atoms with Crippen LogP contribution in [0.15, 0.2) is 10.5 Å². The summed E-state index contributed by atoms with van der Waals surface area (Å²) in [4.78, 5) is 2.59. The molecule has 0 aromatic carbocycles. The third-order valence-electron chi connectivity index (χ3n) is 4.81. The van der Waals surface area contributed by atoms with Gasteiger partial charge in [-0.3, -0.25) is 4.90 Å². The summed E-state index contributed by atoms with van der Waals surface area (Å²) in [6.45, 7) is 7.43. The van der Waals surface area contributed by atoms with E-state index in [4.69, 9.17) is 4.42 Å². The minimum absolute atomic E-state index is 0.744. The second kappa shape index (κ2) is 6.31. The van der Waals surface area contributed by atoms with Crippen molar-refractivity contribution in [2.24, 2.45) is 0 Å². The van der Waals surface area contributed by atoms with E-state index in [1.807, 2.05) is 0 Å². The van der Waals surface area contributed by atoms with Crippen molar-refractivity contribution in [3.8, 4) is 0 Å². The second-order valence-electron chi connectivity index (χ2n) is 6.48. The van der Waals surface area contributed by atoms with E-state index in [1.165, 1.54) is 44.1 Å². The Hall–Kier alpha value is -0.800. The molecule has 20 heavy (non-hydrogen) atoms. The van der Waals surface area contributed by atoms with Gasteiger partial charge in [0.1, 0.15) is 11.5 Å². The van der Waals surface area contributed by atoms with Crippen LogP contribution in [0.1, 0.15) is 62.5 Å². The molecule has 3 rings (SSSR count). The van der Waals surface area contributed by atoms with Crippen LogP contribution < -0.4 is 5.32 Å². The van der Waals surface area contributed by atoms with E-state index < -0.39 is 0 Å². The summed E-state index contributed by atoms with van der Waals surface area (Å²) >= 11 is 0. The fourth-order valence-electron chi connectivity index (χ4n) is 3.34. The average molecular weight is 276 g/mol. The standard InChI is InChI=1S/C17H28N2O/c1-3-19(15-6-4-5-7-15)12-16-10-13(2)17(20-16)11-18-14-8-9-14/h10,14-15,18H,3-9,11-12H2,1-2H3. The van der Waals surface area contributed by atoms with Crippen molar-refractivity contribution in [3.63, 3.8) is 0 Å². The zero-order chi connectivity index (χ0) is 13.9. The summed E-state index contributed by atoms with van der Waals surface area (Å²) in [5, 5.41) is 3.54. The Bertz CT molecular complexity index is 430. The van der Waals surface area contributed by atoms with Gasteiger partial charge < -0.3 is 9.73 Å². The van der Waals surface area contributed by atoms with Crippen LogP contribution in [0.2, 0.25) is 0 Å². The lowest BCUT2D eigenvalue weighted by molar-refractivity contribution is 0.184. The van der Waals surface area contributed by atoms with Gasteiger partial charge in [-0.25, -0.2) is 0 Å². The zero-order valence-corrected chi connectivity index (χ0v) is 13.0. The molecule has 2 saturated carbocycles. The lowest BCUT2D eigenvalue weighted by Gasteiger charge is -2.26. The Morgan fingerprint density at radius 2 is 2.00 bits per heavy atom. The van der Waals surface area contributed by atoms with Crippen molar-refractivity contribution < 1.29 is 4.42 Å². The highest BCUT2D eigenvalue weighted by atomic mass is 16.3. The molecular formula is C17H28N2O. The quantitative estimate of drug-likeness (QED) is 0.824. The molecule has 0 radical (unpaired) electrons. The van der Waals surface area contributed by atoms with Crippen LogP contribution in [0.25, 0.3) is 0 Å². The Kier molecular flexibility index (Phi) is 4.47. The molecule has 2 aliphatic rings. The minimum atomic E-state index is 0.744. The van der Waals surface area contributed by atoms with Gasteiger partial charge in [0.15, 0.2) is 0 Å². The van der Waals surface area contributed by atoms with E-state index in [-0.39, 0.29) is 0 Å². The van der Waals surface area contributed by atoms with E-state index in [0.29, 0.717) is 0 Å². The summed E-state index contributed by atoms with van der Waals surface area (Å²) in [5.74, 6) is 2.28. The van der Waals surface area contributed by atoms with Crippen LogP contribution >= 0.6 is 0 Å².